The van der Waals surface area contributed by atoms with Crippen LogP contribution in [0.25, 0.3) is 11.3 Å². The summed E-state index contributed by atoms with van der Waals surface area (Å²) >= 11 is 6.31. The molecule has 1 aliphatic carbocycles. The van der Waals surface area contributed by atoms with Gasteiger partial charge >= 0.3 is 5.97 Å². The van der Waals surface area contributed by atoms with Gasteiger partial charge in [-0.1, -0.05) is 29.8 Å². The van der Waals surface area contributed by atoms with Crippen molar-refractivity contribution in [3.8, 4) is 11.3 Å². The van der Waals surface area contributed by atoms with E-state index in [4.69, 9.17) is 16.7 Å². The lowest BCUT2D eigenvalue weighted by Crippen LogP contribution is -2.46. The lowest BCUT2D eigenvalue weighted by molar-refractivity contribution is -0.145. The van der Waals surface area contributed by atoms with Gasteiger partial charge in [-0.15, -0.1) is 0 Å². The second-order valence-electron chi connectivity index (χ2n) is 7.66. The molecule has 0 unspecified atom stereocenters. The van der Waals surface area contributed by atoms with Crippen molar-refractivity contribution >= 4 is 23.5 Å². The average molecular weight is 376 g/mol. The van der Waals surface area contributed by atoms with E-state index >= 15 is 0 Å². The first-order valence-corrected chi connectivity index (χ1v) is 8.93. The molecule has 0 saturated heterocycles. The Labute approximate surface area is 157 Å². The molecule has 6 nitrogen and oxygen atoms in total. The normalized spacial score (nSPS) is 19.7. The van der Waals surface area contributed by atoms with Gasteiger partial charge in [-0.2, -0.15) is 5.10 Å². The molecule has 1 amide bonds. The monoisotopic (exact) mass is 375 g/mol. The Bertz CT molecular complexity index is 848. The first-order valence-electron chi connectivity index (χ1n) is 8.55. The molecular weight excluding hydrogens is 354 g/mol. The van der Waals surface area contributed by atoms with E-state index in [9.17, 15) is 9.59 Å². The number of carbonyl (C=O) groups is 2. The first-order chi connectivity index (χ1) is 12.2. The number of aromatic nitrogens is 2. The number of nitrogens with zero attached hydrogens (tertiary/aromatic N) is 2. The summed E-state index contributed by atoms with van der Waals surface area (Å²) in [5, 5.41) is 17.0. The first kappa shape index (κ1) is 18.5. The molecule has 2 aromatic rings. The molecule has 1 fully saturated rings. The molecule has 1 aromatic carbocycles. The van der Waals surface area contributed by atoms with Crippen molar-refractivity contribution in [3.05, 3.63) is 41.0 Å². The summed E-state index contributed by atoms with van der Waals surface area (Å²) < 4.78 is 1.75. The fourth-order valence-corrected chi connectivity index (χ4v) is 3.16. The largest absolute Gasteiger partial charge is 0.481 e. The van der Waals surface area contributed by atoms with Gasteiger partial charge in [-0.3, -0.25) is 14.3 Å². The van der Waals surface area contributed by atoms with E-state index in [-0.39, 0.29) is 23.4 Å². The Morgan fingerprint density at radius 1 is 1.27 bits per heavy atom. The van der Waals surface area contributed by atoms with Crippen LogP contribution in [-0.2, 0) is 10.3 Å². The maximum absolute atomic E-state index is 12.8. The molecule has 1 saturated carbocycles. The molecule has 3 rings (SSSR count). The molecule has 1 aromatic heterocycles. The van der Waals surface area contributed by atoms with Crippen LogP contribution in [0.15, 0.2) is 30.5 Å². The number of carboxylic acid groups (broad SMARTS) is 1. The van der Waals surface area contributed by atoms with Gasteiger partial charge in [0.05, 0.1) is 22.0 Å². The predicted octanol–water partition coefficient (Wildman–Crippen LogP) is 3.55. The Hall–Kier alpha value is -2.34. The molecule has 0 atom stereocenters. The minimum atomic E-state index is -0.812. The maximum atomic E-state index is 12.8. The van der Waals surface area contributed by atoms with Crippen LogP contribution >= 0.6 is 11.6 Å². The average Bonchev–Trinajstić information content (AvgIpc) is 2.95. The zero-order valence-corrected chi connectivity index (χ0v) is 15.7. The van der Waals surface area contributed by atoms with Crippen LogP contribution in [0.5, 0.6) is 0 Å². The number of rotatable bonds is 4. The topological polar surface area (TPSA) is 84.2 Å². The van der Waals surface area contributed by atoms with Crippen LogP contribution in [0.4, 0.5) is 0 Å². The highest BCUT2D eigenvalue weighted by atomic mass is 35.5. The number of halogens is 1. The van der Waals surface area contributed by atoms with Crippen molar-refractivity contribution in [2.75, 3.05) is 0 Å². The summed E-state index contributed by atoms with van der Waals surface area (Å²) in [6.07, 6.45) is 2.63. The standard InChI is InChI=1S/C19H22ClN3O3/c1-19(2,3)23-10-14(16(22-23)13-6-4-5-7-15(13)20)17(24)21-12-8-11(9-12)18(25)26/h4-7,10-12H,8-9H2,1-3H3,(H,21,24)(H,25,26). The second-order valence-corrected chi connectivity index (χ2v) is 8.07. The highest BCUT2D eigenvalue weighted by Crippen LogP contribution is 2.32. The third-order valence-electron chi connectivity index (χ3n) is 4.60. The number of nitrogens with one attached hydrogen (secondary N) is 1. The number of amides is 1. The molecule has 2 N–H and O–H groups in total. The molecule has 138 valence electrons. The van der Waals surface area contributed by atoms with Gasteiger partial charge in [-0.05, 0) is 39.7 Å². The van der Waals surface area contributed by atoms with Crippen LogP contribution in [0.3, 0.4) is 0 Å². The molecule has 0 spiro atoms. The quantitative estimate of drug-likeness (QED) is 0.855. The molecule has 0 bridgehead atoms. The van der Waals surface area contributed by atoms with Crippen LogP contribution in [-0.4, -0.2) is 32.8 Å². The lowest BCUT2D eigenvalue weighted by atomic mass is 9.80. The Balaban J connectivity index is 1.90. The number of hydrogen-bond acceptors (Lipinski definition) is 3. The summed E-state index contributed by atoms with van der Waals surface area (Å²) in [5.41, 5.74) is 1.36. The van der Waals surface area contributed by atoms with E-state index in [0.717, 1.165) is 0 Å². The van der Waals surface area contributed by atoms with Gasteiger partial charge < -0.3 is 10.4 Å². The van der Waals surface area contributed by atoms with Crippen LogP contribution in [0.2, 0.25) is 5.02 Å². The smallest absolute Gasteiger partial charge is 0.306 e. The zero-order chi connectivity index (χ0) is 19.1. The van der Waals surface area contributed by atoms with Crippen molar-refractivity contribution in [2.45, 2.75) is 45.2 Å². The van der Waals surface area contributed by atoms with E-state index < -0.39 is 5.97 Å². The summed E-state index contributed by atoms with van der Waals surface area (Å²) in [6.45, 7) is 6.00. The molecule has 1 heterocycles. The van der Waals surface area contributed by atoms with Crippen molar-refractivity contribution in [1.29, 1.82) is 0 Å². The van der Waals surface area contributed by atoms with Crippen molar-refractivity contribution in [2.24, 2.45) is 5.92 Å². The minimum Gasteiger partial charge on any atom is -0.481 e. The van der Waals surface area contributed by atoms with Gasteiger partial charge in [-0.25, -0.2) is 0 Å². The SMILES string of the molecule is CC(C)(C)n1cc(C(=O)NC2CC(C(=O)O)C2)c(-c2ccccc2Cl)n1. The third kappa shape index (κ3) is 3.60. The van der Waals surface area contributed by atoms with Crippen LogP contribution < -0.4 is 5.32 Å². The van der Waals surface area contributed by atoms with E-state index in [1.165, 1.54) is 0 Å². The van der Waals surface area contributed by atoms with Crippen molar-refractivity contribution in [3.63, 3.8) is 0 Å². The third-order valence-corrected chi connectivity index (χ3v) is 4.93. The molecule has 0 aliphatic heterocycles. The van der Waals surface area contributed by atoms with Gasteiger partial charge in [0.25, 0.3) is 5.91 Å². The Morgan fingerprint density at radius 2 is 1.92 bits per heavy atom. The highest BCUT2D eigenvalue weighted by Gasteiger charge is 2.36. The summed E-state index contributed by atoms with van der Waals surface area (Å²) in [6, 6.07) is 7.14. The minimum absolute atomic E-state index is 0.124. The van der Waals surface area contributed by atoms with E-state index in [2.05, 4.69) is 10.4 Å². The summed E-state index contributed by atoms with van der Waals surface area (Å²) in [5.74, 6) is -1.45. The van der Waals surface area contributed by atoms with Gasteiger partial charge in [0.1, 0.15) is 5.69 Å². The van der Waals surface area contributed by atoms with Gasteiger partial charge in [0.2, 0.25) is 0 Å². The van der Waals surface area contributed by atoms with E-state index in [1.807, 2.05) is 39.0 Å². The van der Waals surface area contributed by atoms with E-state index in [0.29, 0.717) is 34.7 Å². The van der Waals surface area contributed by atoms with Gasteiger partial charge in [0, 0.05) is 17.8 Å². The van der Waals surface area contributed by atoms with Crippen LogP contribution in [0.1, 0.15) is 44.0 Å². The molecule has 26 heavy (non-hydrogen) atoms. The molecular formula is C19H22ClN3O3. The number of hydrogen-bond donors (Lipinski definition) is 2. The fraction of sp³-hybridized carbons (Fsp3) is 0.421. The van der Waals surface area contributed by atoms with Crippen LogP contribution in [0, 0.1) is 5.92 Å². The number of carbonyl (C=O) groups excluding carboxylic acids is 1. The molecule has 7 heteroatoms. The van der Waals surface area contributed by atoms with Crippen molar-refractivity contribution < 1.29 is 14.7 Å². The molecule has 1 aliphatic rings. The predicted molar refractivity (Wildman–Crippen MR) is 99.3 cm³/mol. The zero-order valence-electron chi connectivity index (χ0n) is 15.0. The van der Waals surface area contributed by atoms with Gasteiger partial charge in [0.15, 0.2) is 0 Å². The number of aliphatic carboxylic acids is 1. The number of benzene rings is 1. The Morgan fingerprint density at radius 3 is 2.50 bits per heavy atom. The Kier molecular flexibility index (Phi) is 4.80. The maximum Gasteiger partial charge on any atom is 0.306 e. The number of carboxylic acids is 1. The van der Waals surface area contributed by atoms with E-state index in [1.54, 1.807) is 16.9 Å². The highest BCUT2D eigenvalue weighted by molar-refractivity contribution is 6.33. The summed E-state index contributed by atoms with van der Waals surface area (Å²) in [7, 11) is 0. The molecule has 0 radical (unpaired) electrons. The summed E-state index contributed by atoms with van der Waals surface area (Å²) in [4.78, 5) is 23.7. The second kappa shape index (κ2) is 6.76. The fourth-order valence-electron chi connectivity index (χ4n) is 2.94. The lowest BCUT2D eigenvalue weighted by Gasteiger charge is -2.32. The van der Waals surface area contributed by atoms with Crippen molar-refractivity contribution in [1.82, 2.24) is 15.1 Å².